The fraction of sp³-hybridized carbons (Fsp3) is 0.250. The fourth-order valence-corrected chi connectivity index (χ4v) is 2.69. The van der Waals surface area contributed by atoms with Crippen LogP contribution in [0.4, 0.5) is 0 Å². The topological polar surface area (TPSA) is 56.0 Å². The number of aryl methyl sites for hydroxylation is 1. The van der Waals surface area contributed by atoms with Crippen LogP contribution in [0.5, 0.6) is 0 Å². The fourth-order valence-electron chi connectivity index (χ4n) is 2.69. The summed E-state index contributed by atoms with van der Waals surface area (Å²) in [6, 6.07) is 7.79. The number of rotatable bonds is 1. The van der Waals surface area contributed by atoms with Gasteiger partial charge >= 0.3 is 5.69 Å². The Labute approximate surface area is 122 Å². The average molecular weight is 283 g/mol. The third-order valence-corrected chi connectivity index (χ3v) is 3.95. The number of hydrogen-bond acceptors (Lipinski definition) is 3. The minimum absolute atomic E-state index is 0.240. The predicted octanol–water partition coefficient (Wildman–Crippen LogP) is 1.06. The number of aromatic nitrogens is 2. The zero-order valence-electron chi connectivity index (χ0n) is 12.3. The molecular weight excluding hydrogens is 266 g/mol. The lowest BCUT2D eigenvalue weighted by molar-refractivity contribution is 0.616. The molecule has 21 heavy (non-hydrogen) atoms. The van der Waals surface area contributed by atoms with Gasteiger partial charge in [0, 0.05) is 14.1 Å². The largest absolute Gasteiger partial charge is 0.380 e. The first-order valence-electron chi connectivity index (χ1n) is 6.80. The van der Waals surface area contributed by atoms with Gasteiger partial charge in [0.05, 0.1) is 17.3 Å². The number of nitrogens with zero attached hydrogens (tertiary/aromatic N) is 2. The summed E-state index contributed by atoms with van der Waals surface area (Å²) in [7, 11) is 3.19. The Morgan fingerprint density at radius 2 is 1.71 bits per heavy atom. The van der Waals surface area contributed by atoms with E-state index in [1.165, 1.54) is 17.2 Å². The summed E-state index contributed by atoms with van der Waals surface area (Å²) >= 11 is 0. The second-order valence-corrected chi connectivity index (χ2v) is 5.35. The van der Waals surface area contributed by atoms with Gasteiger partial charge in [-0.1, -0.05) is 29.8 Å². The Balaban J connectivity index is 2.28. The van der Waals surface area contributed by atoms with Crippen LogP contribution in [-0.4, -0.2) is 9.13 Å². The van der Waals surface area contributed by atoms with Gasteiger partial charge in [0.25, 0.3) is 5.56 Å². The van der Waals surface area contributed by atoms with Crippen molar-refractivity contribution in [3.05, 3.63) is 73.7 Å². The van der Waals surface area contributed by atoms with Crippen LogP contribution in [0.3, 0.4) is 0 Å². The summed E-state index contributed by atoms with van der Waals surface area (Å²) in [5.74, 6) is 0. The highest BCUT2D eigenvalue weighted by molar-refractivity contribution is 5.55. The predicted molar refractivity (Wildman–Crippen MR) is 82.1 cm³/mol. The maximum atomic E-state index is 12.5. The van der Waals surface area contributed by atoms with Crippen LogP contribution in [0.2, 0.25) is 0 Å². The zero-order valence-corrected chi connectivity index (χ0v) is 12.3. The van der Waals surface area contributed by atoms with Crippen molar-refractivity contribution in [1.29, 1.82) is 0 Å². The molecule has 1 atom stereocenters. The van der Waals surface area contributed by atoms with E-state index in [9.17, 15) is 9.59 Å². The normalized spacial score (nSPS) is 16.4. The molecular formula is C16H17N3O2. The molecule has 0 aliphatic carbocycles. The van der Waals surface area contributed by atoms with Gasteiger partial charge in [-0.3, -0.25) is 13.9 Å². The van der Waals surface area contributed by atoms with Crippen LogP contribution in [0.1, 0.15) is 28.4 Å². The summed E-state index contributed by atoms with van der Waals surface area (Å²) in [6.07, 6.45) is 3.55. The van der Waals surface area contributed by atoms with Gasteiger partial charge in [0.2, 0.25) is 0 Å². The first kappa shape index (κ1) is 13.4. The SMILES string of the molecule is Cc1ccc([C@@H]2NC=Cc3c2c(=O)n(C)c(=O)n3C)cc1. The lowest BCUT2D eigenvalue weighted by atomic mass is 9.95. The van der Waals surface area contributed by atoms with Crippen molar-refractivity contribution in [2.75, 3.05) is 0 Å². The molecule has 108 valence electrons. The van der Waals surface area contributed by atoms with Crippen molar-refractivity contribution in [3.8, 4) is 0 Å². The number of benzene rings is 1. The van der Waals surface area contributed by atoms with Gasteiger partial charge < -0.3 is 5.32 Å². The molecule has 0 spiro atoms. The Bertz CT molecular complexity index is 842. The van der Waals surface area contributed by atoms with E-state index in [-0.39, 0.29) is 17.3 Å². The lowest BCUT2D eigenvalue weighted by Gasteiger charge is -2.25. The van der Waals surface area contributed by atoms with E-state index in [1.54, 1.807) is 19.3 Å². The minimum atomic E-state index is -0.312. The average Bonchev–Trinajstić information content (AvgIpc) is 2.51. The van der Waals surface area contributed by atoms with Crippen LogP contribution in [0.25, 0.3) is 6.08 Å². The van der Waals surface area contributed by atoms with Gasteiger partial charge in [-0.15, -0.1) is 0 Å². The Morgan fingerprint density at radius 1 is 1.05 bits per heavy atom. The number of fused-ring (bicyclic) bond motifs is 1. The summed E-state index contributed by atoms with van der Waals surface area (Å²) < 4.78 is 2.66. The van der Waals surface area contributed by atoms with Crippen molar-refractivity contribution in [3.63, 3.8) is 0 Å². The van der Waals surface area contributed by atoms with Crippen LogP contribution in [0.15, 0.2) is 40.1 Å². The van der Waals surface area contributed by atoms with E-state index >= 15 is 0 Å². The second kappa shape index (κ2) is 4.77. The van der Waals surface area contributed by atoms with E-state index in [4.69, 9.17) is 0 Å². The van der Waals surface area contributed by atoms with Gasteiger partial charge in [-0.05, 0) is 24.8 Å². The van der Waals surface area contributed by atoms with Gasteiger partial charge in [0.15, 0.2) is 0 Å². The monoisotopic (exact) mass is 283 g/mol. The molecule has 0 unspecified atom stereocenters. The Morgan fingerprint density at radius 3 is 2.38 bits per heavy atom. The van der Waals surface area contributed by atoms with Crippen LogP contribution < -0.4 is 16.6 Å². The van der Waals surface area contributed by atoms with E-state index < -0.39 is 0 Å². The van der Waals surface area contributed by atoms with Crippen LogP contribution >= 0.6 is 0 Å². The Hall–Kier alpha value is -2.56. The maximum absolute atomic E-state index is 12.5. The molecule has 1 aliphatic heterocycles. The van der Waals surface area contributed by atoms with E-state index in [1.807, 2.05) is 31.2 Å². The Kier molecular flexibility index (Phi) is 3.05. The second-order valence-electron chi connectivity index (χ2n) is 5.35. The smallest absolute Gasteiger partial charge is 0.330 e. The molecule has 1 aromatic heterocycles. The van der Waals surface area contributed by atoms with Crippen molar-refractivity contribution >= 4 is 6.08 Å². The molecule has 1 N–H and O–H groups in total. The molecule has 5 nitrogen and oxygen atoms in total. The third kappa shape index (κ3) is 2.01. The first-order valence-corrected chi connectivity index (χ1v) is 6.80. The summed E-state index contributed by atoms with van der Waals surface area (Å²) in [5, 5.41) is 3.22. The van der Waals surface area contributed by atoms with Crippen molar-refractivity contribution in [1.82, 2.24) is 14.5 Å². The molecule has 0 amide bonds. The van der Waals surface area contributed by atoms with Gasteiger partial charge in [-0.25, -0.2) is 4.79 Å². The minimum Gasteiger partial charge on any atom is -0.380 e. The molecule has 1 aliphatic rings. The summed E-state index contributed by atoms with van der Waals surface area (Å²) in [4.78, 5) is 24.5. The van der Waals surface area contributed by atoms with E-state index in [0.29, 0.717) is 11.3 Å². The van der Waals surface area contributed by atoms with E-state index in [2.05, 4.69) is 5.32 Å². The van der Waals surface area contributed by atoms with Gasteiger partial charge in [0.1, 0.15) is 0 Å². The molecule has 0 fully saturated rings. The highest BCUT2D eigenvalue weighted by atomic mass is 16.2. The lowest BCUT2D eigenvalue weighted by Crippen LogP contribution is -2.43. The zero-order chi connectivity index (χ0) is 15.1. The van der Waals surface area contributed by atoms with Gasteiger partial charge in [-0.2, -0.15) is 0 Å². The standard InChI is InChI=1S/C16H17N3O2/c1-10-4-6-11(7-5-10)14-13-12(8-9-17-14)18(2)16(21)19(3)15(13)20/h4-9,14,17H,1-3H3/t14-/m0/s1. The molecule has 0 bridgehead atoms. The van der Waals surface area contributed by atoms with Crippen molar-refractivity contribution < 1.29 is 0 Å². The quantitative estimate of drug-likeness (QED) is 0.851. The summed E-state index contributed by atoms with van der Waals surface area (Å²) in [6.45, 7) is 2.02. The highest BCUT2D eigenvalue weighted by Gasteiger charge is 2.25. The van der Waals surface area contributed by atoms with Crippen molar-refractivity contribution in [2.24, 2.45) is 14.1 Å². The highest BCUT2D eigenvalue weighted by Crippen LogP contribution is 2.25. The number of hydrogen-bond donors (Lipinski definition) is 1. The molecule has 2 aromatic rings. The van der Waals surface area contributed by atoms with Crippen molar-refractivity contribution in [2.45, 2.75) is 13.0 Å². The molecule has 3 rings (SSSR count). The molecule has 0 saturated heterocycles. The maximum Gasteiger partial charge on any atom is 0.330 e. The number of nitrogens with one attached hydrogen (secondary N) is 1. The molecule has 2 heterocycles. The third-order valence-electron chi connectivity index (χ3n) is 3.95. The molecule has 0 saturated carbocycles. The van der Waals surface area contributed by atoms with Crippen LogP contribution in [-0.2, 0) is 14.1 Å². The van der Waals surface area contributed by atoms with Crippen LogP contribution in [0, 0.1) is 6.92 Å². The molecule has 5 heteroatoms. The van der Waals surface area contributed by atoms with E-state index in [0.717, 1.165) is 10.1 Å². The molecule has 1 aromatic carbocycles. The summed E-state index contributed by atoms with van der Waals surface area (Å²) in [5.41, 5.74) is 2.86. The molecule has 0 radical (unpaired) electrons. The first-order chi connectivity index (χ1) is 10.0.